The molecule has 30 heavy (non-hydrogen) atoms. The van der Waals surface area contributed by atoms with Gasteiger partial charge in [0, 0.05) is 24.4 Å². The molecule has 2 aromatic rings. The maximum atomic E-state index is 11.9. The van der Waals surface area contributed by atoms with Gasteiger partial charge in [-0.25, -0.2) is 4.79 Å². The van der Waals surface area contributed by atoms with Crippen LogP contribution >= 0.6 is 0 Å². The molecule has 0 fully saturated rings. The van der Waals surface area contributed by atoms with Crippen LogP contribution in [0.1, 0.15) is 50.0 Å². The Morgan fingerprint density at radius 1 is 1.13 bits per heavy atom. The molecule has 2 aromatic carbocycles. The summed E-state index contributed by atoms with van der Waals surface area (Å²) in [5.41, 5.74) is 9.95. The van der Waals surface area contributed by atoms with Crippen molar-refractivity contribution in [2.75, 3.05) is 4.90 Å². The van der Waals surface area contributed by atoms with Crippen LogP contribution in [0.2, 0.25) is 0 Å². The van der Waals surface area contributed by atoms with Crippen LogP contribution in [-0.4, -0.2) is 23.0 Å². The highest BCUT2D eigenvalue weighted by atomic mass is 16.4. The van der Waals surface area contributed by atoms with Crippen molar-refractivity contribution in [3.05, 3.63) is 78.5 Å². The number of nitrogens with two attached hydrogens (primary N) is 1. The van der Waals surface area contributed by atoms with E-state index in [0.29, 0.717) is 5.70 Å². The number of carboxylic acid groups (broad SMARTS) is 1. The summed E-state index contributed by atoms with van der Waals surface area (Å²) >= 11 is 0. The van der Waals surface area contributed by atoms with Gasteiger partial charge < -0.3 is 15.7 Å². The number of hydrogen-bond acceptors (Lipinski definition) is 3. The first-order valence-corrected chi connectivity index (χ1v) is 10.1. The predicted octanol–water partition coefficient (Wildman–Crippen LogP) is 5.41. The molecule has 0 saturated carbocycles. The summed E-state index contributed by atoms with van der Waals surface area (Å²) in [7, 11) is 0. The monoisotopic (exact) mass is 408 g/mol. The van der Waals surface area contributed by atoms with Gasteiger partial charge in [-0.2, -0.15) is 0 Å². The normalized spacial score (nSPS) is 14.1. The lowest BCUT2D eigenvalue weighted by molar-refractivity contribution is -0.117. The Morgan fingerprint density at radius 3 is 2.13 bits per heavy atom. The van der Waals surface area contributed by atoms with Gasteiger partial charge >= 0.3 is 5.97 Å². The molecule has 0 spiro atoms. The zero-order valence-corrected chi connectivity index (χ0v) is 18.3. The third-order valence-electron chi connectivity index (χ3n) is 4.68. The van der Waals surface area contributed by atoms with Gasteiger partial charge in [0.25, 0.3) is 0 Å². The highest BCUT2D eigenvalue weighted by molar-refractivity contribution is 5.94. The number of fused-ring (bicyclic) bond motifs is 1. The van der Waals surface area contributed by atoms with E-state index in [1.807, 2.05) is 43.0 Å². The van der Waals surface area contributed by atoms with E-state index in [1.165, 1.54) is 6.08 Å². The summed E-state index contributed by atoms with van der Waals surface area (Å²) in [4.78, 5) is 24.7. The number of amides is 1. The maximum Gasteiger partial charge on any atom is 0.335 e. The first-order chi connectivity index (χ1) is 14.2. The van der Waals surface area contributed by atoms with Gasteiger partial charge in [0.2, 0.25) is 5.91 Å². The average molecular weight is 409 g/mol. The lowest BCUT2D eigenvalue weighted by Gasteiger charge is -2.34. The van der Waals surface area contributed by atoms with Gasteiger partial charge in [-0.05, 0) is 66.8 Å². The van der Waals surface area contributed by atoms with Gasteiger partial charge in [-0.3, -0.25) is 4.79 Å². The number of benzene rings is 2. The molecule has 0 aliphatic carbocycles. The molecule has 1 aliphatic rings. The van der Waals surface area contributed by atoms with Crippen LogP contribution < -0.4 is 10.6 Å². The zero-order chi connectivity index (χ0) is 22.8. The molecule has 1 amide bonds. The molecule has 0 aromatic heterocycles. The predicted molar refractivity (Wildman–Crippen MR) is 125 cm³/mol. The van der Waals surface area contributed by atoms with Crippen molar-refractivity contribution in [3.63, 3.8) is 0 Å². The Morgan fingerprint density at radius 2 is 1.67 bits per heavy atom. The van der Waals surface area contributed by atoms with E-state index in [-0.39, 0.29) is 17.5 Å². The molecule has 0 radical (unpaired) electrons. The Bertz CT molecular complexity index is 901. The molecular formula is C25H32N2O3. The molecule has 5 heteroatoms. The van der Waals surface area contributed by atoms with Crippen molar-refractivity contribution in [2.24, 2.45) is 5.73 Å². The number of anilines is 1. The lowest BCUT2D eigenvalue weighted by Crippen LogP contribution is -2.40. The first-order valence-electron chi connectivity index (χ1n) is 10.1. The molecular weight excluding hydrogens is 376 g/mol. The SMILES string of the molecule is C=CC(=C)N.CC.CC(=O)N1c2ccc(-c3ccc(C(=O)O)cc3)cc2CC[C@@H]1C. The molecule has 1 heterocycles. The standard InChI is InChI=1S/C19H19NO3.C4H7N.C2H6/c1-12-3-4-17-11-16(9-10-18(17)20(12)13(2)21)14-5-7-15(8-6-14)19(22)23;1-3-4(2)5;1-2/h5-12H,3-4H2,1-2H3,(H,22,23);3H,1-2,5H2;1-2H3/t12-;;/m0../s1. The fourth-order valence-corrected chi connectivity index (χ4v) is 3.22. The van der Waals surface area contributed by atoms with Crippen LogP contribution in [0, 0.1) is 0 Å². The number of carboxylic acids is 1. The van der Waals surface area contributed by atoms with Crippen LogP contribution in [0.3, 0.4) is 0 Å². The highest BCUT2D eigenvalue weighted by Gasteiger charge is 2.26. The topological polar surface area (TPSA) is 83.6 Å². The van der Waals surface area contributed by atoms with Crippen LogP contribution in [-0.2, 0) is 11.2 Å². The van der Waals surface area contributed by atoms with E-state index in [4.69, 9.17) is 10.8 Å². The smallest absolute Gasteiger partial charge is 0.335 e. The lowest BCUT2D eigenvalue weighted by atomic mass is 9.93. The van der Waals surface area contributed by atoms with Gasteiger partial charge in [0.15, 0.2) is 0 Å². The summed E-state index contributed by atoms with van der Waals surface area (Å²) in [6.45, 7) is 14.3. The van der Waals surface area contributed by atoms with E-state index < -0.39 is 5.97 Å². The fraction of sp³-hybridized carbons (Fsp3) is 0.280. The van der Waals surface area contributed by atoms with Crippen LogP contribution in [0.25, 0.3) is 11.1 Å². The minimum absolute atomic E-state index is 0.0667. The number of aromatic carboxylic acids is 1. The summed E-state index contributed by atoms with van der Waals surface area (Å²) in [6.07, 6.45) is 3.40. The second-order valence-electron chi connectivity index (χ2n) is 6.78. The van der Waals surface area contributed by atoms with E-state index in [2.05, 4.69) is 26.1 Å². The van der Waals surface area contributed by atoms with Crippen LogP contribution in [0.4, 0.5) is 5.69 Å². The third-order valence-corrected chi connectivity index (χ3v) is 4.68. The summed E-state index contributed by atoms with van der Waals surface area (Å²) in [5, 5.41) is 8.97. The van der Waals surface area contributed by atoms with Crippen LogP contribution in [0.15, 0.2) is 67.4 Å². The van der Waals surface area contributed by atoms with E-state index in [9.17, 15) is 9.59 Å². The number of carbonyl (C=O) groups excluding carboxylic acids is 1. The molecule has 5 nitrogen and oxygen atoms in total. The molecule has 0 saturated heterocycles. The number of aryl methyl sites for hydroxylation is 1. The second kappa shape index (κ2) is 11.6. The van der Waals surface area contributed by atoms with Crippen molar-refractivity contribution in [2.45, 2.75) is 46.6 Å². The minimum atomic E-state index is -0.923. The molecule has 0 bridgehead atoms. The van der Waals surface area contributed by atoms with Gasteiger partial charge in [-0.15, -0.1) is 0 Å². The molecule has 160 valence electrons. The Balaban J connectivity index is 0.000000565. The van der Waals surface area contributed by atoms with Crippen molar-refractivity contribution in [1.29, 1.82) is 0 Å². The largest absolute Gasteiger partial charge is 0.478 e. The maximum absolute atomic E-state index is 11.9. The van der Waals surface area contributed by atoms with E-state index in [1.54, 1.807) is 19.1 Å². The zero-order valence-electron chi connectivity index (χ0n) is 18.3. The molecule has 1 atom stereocenters. The number of rotatable bonds is 3. The van der Waals surface area contributed by atoms with E-state index >= 15 is 0 Å². The Hall–Kier alpha value is -3.34. The first kappa shape index (κ1) is 24.7. The van der Waals surface area contributed by atoms with Crippen molar-refractivity contribution < 1.29 is 14.7 Å². The number of nitrogens with zero attached hydrogens (tertiary/aromatic N) is 1. The van der Waals surface area contributed by atoms with E-state index in [0.717, 1.165) is 35.2 Å². The highest BCUT2D eigenvalue weighted by Crippen LogP contribution is 2.34. The van der Waals surface area contributed by atoms with Gasteiger partial charge in [0.05, 0.1) is 5.56 Å². The summed E-state index contributed by atoms with van der Waals surface area (Å²) < 4.78 is 0. The fourth-order valence-electron chi connectivity index (χ4n) is 3.22. The molecule has 3 N–H and O–H groups in total. The number of hydrogen-bond donors (Lipinski definition) is 2. The van der Waals surface area contributed by atoms with Crippen molar-refractivity contribution in [3.8, 4) is 11.1 Å². The molecule has 0 unspecified atom stereocenters. The van der Waals surface area contributed by atoms with Gasteiger partial charge in [0.1, 0.15) is 0 Å². The third kappa shape index (κ3) is 6.34. The average Bonchev–Trinajstić information content (AvgIpc) is 2.75. The molecule has 1 aliphatic heterocycles. The minimum Gasteiger partial charge on any atom is -0.478 e. The molecule has 3 rings (SSSR count). The number of allylic oxidation sites excluding steroid dienone is 1. The van der Waals surface area contributed by atoms with Crippen molar-refractivity contribution in [1.82, 2.24) is 0 Å². The number of carbonyl (C=O) groups is 2. The second-order valence-corrected chi connectivity index (χ2v) is 6.78. The quantitative estimate of drug-likeness (QED) is 0.665. The van der Waals surface area contributed by atoms with Crippen molar-refractivity contribution >= 4 is 17.6 Å². The summed E-state index contributed by atoms with van der Waals surface area (Å²) in [5.74, 6) is -0.856. The Labute approximate surface area is 179 Å². The Kier molecular flexibility index (Phi) is 9.56. The van der Waals surface area contributed by atoms with Crippen LogP contribution in [0.5, 0.6) is 0 Å². The van der Waals surface area contributed by atoms with Gasteiger partial charge in [-0.1, -0.05) is 45.2 Å². The summed E-state index contributed by atoms with van der Waals surface area (Å²) in [6, 6.07) is 13.2.